The van der Waals surface area contributed by atoms with Crippen LogP contribution in [0.25, 0.3) is 6.08 Å². The van der Waals surface area contributed by atoms with Gasteiger partial charge >= 0.3 is 5.97 Å². The molecule has 154 valence electrons. The minimum Gasteiger partial charge on any atom is -0.870 e. The van der Waals surface area contributed by atoms with Crippen molar-refractivity contribution in [2.45, 2.75) is 20.8 Å². The molecule has 0 atom stereocenters. The molecule has 2 rings (SSSR count). The molecular formula is C21H21ClNO6-. The van der Waals surface area contributed by atoms with Gasteiger partial charge in [0.25, 0.3) is 5.91 Å². The fourth-order valence-corrected chi connectivity index (χ4v) is 2.63. The molecule has 2 aromatic rings. The number of halogens is 1. The van der Waals surface area contributed by atoms with Crippen LogP contribution >= 0.6 is 11.6 Å². The molecule has 0 saturated carbocycles. The Kier molecular flexibility index (Phi) is 7.50. The fraction of sp³-hybridized carbons (Fsp3) is 0.238. The summed E-state index contributed by atoms with van der Waals surface area (Å²) in [6, 6.07) is 7.51. The molecule has 2 N–H and O–H groups in total. The van der Waals surface area contributed by atoms with Crippen LogP contribution in [-0.2, 0) is 9.59 Å². The van der Waals surface area contributed by atoms with Crippen LogP contribution in [0.15, 0.2) is 36.0 Å². The zero-order valence-electron chi connectivity index (χ0n) is 16.2. The lowest BCUT2D eigenvalue weighted by atomic mass is 10.1. The number of amides is 1. The van der Waals surface area contributed by atoms with Crippen molar-refractivity contribution < 1.29 is 29.3 Å². The first-order valence-electron chi connectivity index (χ1n) is 8.79. The molecule has 0 bridgehead atoms. The van der Waals surface area contributed by atoms with E-state index in [-0.39, 0.29) is 23.8 Å². The van der Waals surface area contributed by atoms with Crippen molar-refractivity contribution in [2.24, 2.45) is 0 Å². The minimum atomic E-state index is -1.33. The van der Waals surface area contributed by atoms with Gasteiger partial charge in [0, 0.05) is 5.02 Å². The Morgan fingerprint density at radius 1 is 1.17 bits per heavy atom. The van der Waals surface area contributed by atoms with Crippen molar-refractivity contribution >= 4 is 29.6 Å². The predicted molar refractivity (Wildman–Crippen MR) is 107 cm³/mol. The van der Waals surface area contributed by atoms with E-state index in [9.17, 15) is 19.8 Å². The second-order valence-electron chi connectivity index (χ2n) is 6.21. The summed E-state index contributed by atoms with van der Waals surface area (Å²) in [5.41, 5.74) is 1.65. The van der Waals surface area contributed by atoms with Gasteiger partial charge in [0.2, 0.25) is 0 Å². The Labute approximate surface area is 173 Å². The van der Waals surface area contributed by atoms with Crippen LogP contribution in [0, 0.1) is 13.8 Å². The van der Waals surface area contributed by atoms with E-state index >= 15 is 0 Å². The number of aliphatic carboxylic acids is 1. The number of rotatable bonds is 8. The van der Waals surface area contributed by atoms with E-state index in [1.165, 1.54) is 24.3 Å². The highest BCUT2D eigenvalue weighted by Gasteiger charge is 2.13. The van der Waals surface area contributed by atoms with Gasteiger partial charge in [0.1, 0.15) is 17.2 Å². The summed E-state index contributed by atoms with van der Waals surface area (Å²) in [6.07, 6.45) is 1.23. The second-order valence-corrected chi connectivity index (χ2v) is 6.59. The normalized spacial score (nSPS) is 11.1. The number of nitrogens with one attached hydrogen (secondary N) is 1. The summed E-state index contributed by atoms with van der Waals surface area (Å²) >= 11 is 6.10. The Bertz CT molecular complexity index is 931. The topological polar surface area (TPSA) is 108 Å². The van der Waals surface area contributed by atoms with Crippen LogP contribution in [0.3, 0.4) is 0 Å². The van der Waals surface area contributed by atoms with Crippen molar-refractivity contribution in [1.82, 2.24) is 5.32 Å². The maximum atomic E-state index is 12.1. The molecule has 0 spiro atoms. The molecule has 0 aromatic heterocycles. The molecular weight excluding hydrogens is 398 g/mol. The molecule has 0 unspecified atom stereocenters. The number of carboxylic acids is 1. The van der Waals surface area contributed by atoms with Crippen molar-refractivity contribution in [2.75, 3.05) is 13.2 Å². The van der Waals surface area contributed by atoms with Gasteiger partial charge in [0.15, 0.2) is 6.61 Å². The second kappa shape index (κ2) is 9.84. The highest BCUT2D eigenvalue weighted by molar-refractivity contribution is 6.32. The maximum Gasteiger partial charge on any atom is 0.352 e. The van der Waals surface area contributed by atoms with Crippen molar-refractivity contribution in [3.63, 3.8) is 0 Å². The number of carbonyl (C=O) groups excluding carboxylic acids is 1. The van der Waals surface area contributed by atoms with E-state index in [0.29, 0.717) is 22.9 Å². The lowest BCUT2D eigenvalue weighted by molar-refractivity contribution is -0.270. The molecule has 29 heavy (non-hydrogen) atoms. The summed E-state index contributed by atoms with van der Waals surface area (Å²) in [7, 11) is 0. The number of aryl methyl sites for hydroxylation is 2. The van der Waals surface area contributed by atoms with E-state index in [1.807, 2.05) is 13.8 Å². The summed E-state index contributed by atoms with van der Waals surface area (Å²) in [4.78, 5) is 23.6. The van der Waals surface area contributed by atoms with Gasteiger partial charge in [-0.05, 0) is 61.7 Å². The molecule has 0 aliphatic heterocycles. The molecule has 1 amide bonds. The van der Waals surface area contributed by atoms with Gasteiger partial charge in [-0.3, -0.25) is 4.79 Å². The Balaban J connectivity index is 2.10. The van der Waals surface area contributed by atoms with Crippen molar-refractivity contribution in [3.8, 4) is 17.2 Å². The van der Waals surface area contributed by atoms with Crippen LogP contribution in [0.2, 0.25) is 5.02 Å². The fourth-order valence-electron chi connectivity index (χ4n) is 2.53. The van der Waals surface area contributed by atoms with Gasteiger partial charge in [-0.25, -0.2) is 4.79 Å². The van der Waals surface area contributed by atoms with E-state index < -0.39 is 11.9 Å². The number of carbonyl (C=O) groups is 2. The Morgan fingerprint density at radius 3 is 2.41 bits per heavy atom. The molecule has 0 radical (unpaired) electrons. The molecule has 7 nitrogen and oxygen atoms in total. The zero-order valence-corrected chi connectivity index (χ0v) is 17.0. The first kappa shape index (κ1) is 22.1. The monoisotopic (exact) mass is 418 g/mol. The summed E-state index contributed by atoms with van der Waals surface area (Å²) < 4.78 is 10.6. The average Bonchev–Trinajstić information content (AvgIpc) is 2.66. The molecule has 0 aliphatic rings. The van der Waals surface area contributed by atoms with Crippen LogP contribution in [0.1, 0.15) is 23.6 Å². The van der Waals surface area contributed by atoms with Crippen LogP contribution in [0.5, 0.6) is 17.2 Å². The van der Waals surface area contributed by atoms with Crippen molar-refractivity contribution in [3.05, 3.63) is 57.7 Å². The SMILES string of the molecule is CCOc1cc(/C=C(/NC(=O)COc2cc(C)c(Cl)c(C)c2)C(=O)O)ccc1[O-]. The Hall–Kier alpha value is -3.19. The van der Waals surface area contributed by atoms with E-state index in [0.717, 1.165) is 11.1 Å². The summed E-state index contributed by atoms with van der Waals surface area (Å²) in [6.45, 7) is 5.28. The van der Waals surface area contributed by atoms with Gasteiger partial charge < -0.3 is 25.0 Å². The third kappa shape index (κ3) is 6.15. The lowest BCUT2D eigenvalue weighted by Gasteiger charge is -2.14. The largest absolute Gasteiger partial charge is 0.870 e. The summed E-state index contributed by atoms with van der Waals surface area (Å²) in [5.74, 6) is -1.73. The number of ether oxygens (including phenoxy) is 2. The number of hydrogen-bond donors (Lipinski definition) is 2. The average molecular weight is 419 g/mol. The smallest absolute Gasteiger partial charge is 0.352 e. The van der Waals surface area contributed by atoms with Gasteiger partial charge in [0.05, 0.1) is 6.61 Å². The lowest BCUT2D eigenvalue weighted by Crippen LogP contribution is -2.31. The van der Waals surface area contributed by atoms with Crippen LogP contribution in [-0.4, -0.2) is 30.2 Å². The standard InChI is InChI=1S/C21H22ClNO6/c1-4-28-18-10-14(5-6-17(18)24)9-16(21(26)27)23-19(25)11-29-15-7-12(2)20(22)13(3)8-15/h5-10,24H,4,11H2,1-3H3,(H,23,25)(H,26,27)/p-1/b16-9+. The van der Waals surface area contributed by atoms with Crippen molar-refractivity contribution in [1.29, 1.82) is 0 Å². The highest BCUT2D eigenvalue weighted by Crippen LogP contribution is 2.26. The molecule has 0 aliphatic carbocycles. The van der Waals surface area contributed by atoms with Crippen LogP contribution in [0.4, 0.5) is 0 Å². The number of hydrogen-bond acceptors (Lipinski definition) is 5. The maximum absolute atomic E-state index is 12.1. The first-order chi connectivity index (χ1) is 13.7. The minimum absolute atomic E-state index is 0.106. The molecule has 0 saturated heterocycles. The first-order valence-corrected chi connectivity index (χ1v) is 9.17. The van der Waals surface area contributed by atoms with Gasteiger partial charge in [-0.2, -0.15) is 0 Å². The number of benzene rings is 2. The third-order valence-corrected chi connectivity index (χ3v) is 4.46. The van der Waals surface area contributed by atoms with E-state index in [4.69, 9.17) is 21.1 Å². The zero-order chi connectivity index (χ0) is 21.6. The molecule has 2 aromatic carbocycles. The molecule has 8 heteroatoms. The number of carboxylic acid groups (broad SMARTS) is 1. The van der Waals surface area contributed by atoms with E-state index in [1.54, 1.807) is 19.1 Å². The third-order valence-electron chi connectivity index (χ3n) is 3.86. The van der Waals surface area contributed by atoms with E-state index in [2.05, 4.69) is 5.32 Å². The summed E-state index contributed by atoms with van der Waals surface area (Å²) in [5, 5.41) is 24.0. The predicted octanol–water partition coefficient (Wildman–Crippen LogP) is 3.05. The highest BCUT2D eigenvalue weighted by atomic mass is 35.5. The van der Waals surface area contributed by atoms with Gasteiger partial charge in [-0.1, -0.05) is 29.5 Å². The van der Waals surface area contributed by atoms with Gasteiger partial charge in [-0.15, -0.1) is 0 Å². The Morgan fingerprint density at radius 2 is 1.83 bits per heavy atom. The quantitative estimate of drug-likeness (QED) is 0.638. The molecule has 0 fully saturated rings. The van der Waals surface area contributed by atoms with Crippen LogP contribution < -0.4 is 19.9 Å². The molecule has 0 heterocycles.